The van der Waals surface area contributed by atoms with Crippen molar-refractivity contribution < 1.29 is 13.2 Å². The summed E-state index contributed by atoms with van der Waals surface area (Å²) < 4.78 is 27.2. The van der Waals surface area contributed by atoms with E-state index in [1.54, 1.807) is 29.2 Å². The fourth-order valence-electron chi connectivity index (χ4n) is 3.00. The maximum Gasteiger partial charge on any atom is 0.253 e. The molecule has 1 fully saturated rings. The lowest BCUT2D eigenvalue weighted by Gasteiger charge is -2.22. The van der Waals surface area contributed by atoms with Crippen molar-refractivity contribution in [2.75, 3.05) is 26.2 Å². The Morgan fingerprint density at radius 3 is 2.44 bits per heavy atom. The van der Waals surface area contributed by atoms with E-state index in [4.69, 9.17) is 16.9 Å². The van der Waals surface area contributed by atoms with Crippen LogP contribution in [0.1, 0.15) is 22.3 Å². The fourth-order valence-corrected chi connectivity index (χ4v) is 4.78. The minimum absolute atomic E-state index is 0.0503. The molecule has 0 spiro atoms. The van der Waals surface area contributed by atoms with Crippen LogP contribution in [-0.4, -0.2) is 49.7 Å². The highest BCUT2D eigenvalue weighted by Gasteiger charge is 2.29. The van der Waals surface area contributed by atoms with Crippen LogP contribution in [0.5, 0.6) is 0 Å². The average Bonchev–Trinajstić information content (AvgIpc) is 2.95. The summed E-state index contributed by atoms with van der Waals surface area (Å²) in [5, 5.41) is 9.05. The predicted octanol–water partition coefficient (Wildman–Crippen LogP) is 2.75. The molecule has 3 rings (SSSR count). The average molecular weight is 404 g/mol. The zero-order valence-corrected chi connectivity index (χ0v) is 16.1. The number of halogens is 1. The Morgan fingerprint density at radius 1 is 1.04 bits per heavy atom. The van der Waals surface area contributed by atoms with E-state index in [9.17, 15) is 13.2 Å². The van der Waals surface area contributed by atoms with Crippen LogP contribution < -0.4 is 0 Å². The Bertz CT molecular complexity index is 987. The topological polar surface area (TPSA) is 81.5 Å². The van der Waals surface area contributed by atoms with Crippen LogP contribution in [0.3, 0.4) is 0 Å². The van der Waals surface area contributed by atoms with Gasteiger partial charge in [-0.3, -0.25) is 4.79 Å². The van der Waals surface area contributed by atoms with Gasteiger partial charge in [-0.15, -0.1) is 0 Å². The summed E-state index contributed by atoms with van der Waals surface area (Å²) in [6.45, 7) is 1.34. The Kier molecular flexibility index (Phi) is 5.80. The standard InChI is InChI=1S/C19H18ClN3O3S/c20-18-13-17(8-7-16(18)14-21)27(25,26)23-10-4-9-22(11-12-23)19(24)15-5-2-1-3-6-15/h1-3,5-8,13H,4,9-12H2. The van der Waals surface area contributed by atoms with Crippen LogP contribution in [0.25, 0.3) is 0 Å². The number of hydrogen-bond acceptors (Lipinski definition) is 4. The predicted molar refractivity (Wildman–Crippen MR) is 102 cm³/mol. The molecule has 1 aliphatic rings. The molecule has 0 N–H and O–H groups in total. The van der Waals surface area contributed by atoms with Gasteiger partial charge in [-0.25, -0.2) is 8.42 Å². The summed E-state index contributed by atoms with van der Waals surface area (Å²) in [4.78, 5) is 14.3. The third-order valence-corrected chi connectivity index (χ3v) is 6.67. The van der Waals surface area contributed by atoms with Gasteiger partial charge in [0.25, 0.3) is 5.91 Å². The zero-order valence-electron chi connectivity index (χ0n) is 14.5. The molecule has 140 valence electrons. The molecule has 1 saturated heterocycles. The van der Waals surface area contributed by atoms with E-state index in [1.807, 2.05) is 12.1 Å². The van der Waals surface area contributed by atoms with Gasteiger partial charge in [0.15, 0.2) is 0 Å². The lowest BCUT2D eigenvalue weighted by molar-refractivity contribution is 0.0764. The number of sulfonamides is 1. The molecular weight excluding hydrogens is 386 g/mol. The lowest BCUT2D eigenvalue weighted by atomic mass is 10.2. The highest BCUT2D eigenvalue weighted by Crippen LogP contribution is 2.24. The number of carbonyl (C=O) groups excluding carboxylic acids is 1. The van der Waals surface area contributed by atoms with E-state index in [0.717, 1.165) is 0 Å². The van der Waals surface area contributed by atoms with Crippen molar-refractivity contribution in [3.8, 4) is 6.07 Å². The number of hydrogen-bond donors (Lipinski definition) is 0. The largest absolute Gasteiger partial charge is 0.337 e. The minimum atomic E-state index is -3.75. The fraction of sp³-hybridized carbons (Fsp3) is 0.263. The van der Waals surface area contributed by atoms with Crippen molar-refractivity contribution in [2.45, 2.75) is 11.3 Å². The van der Waals surface area contributed by atoms with Crippen molar-refractivity contribution in [1.29, 1.82) is 5.26 Å². The molecule has 0 radical (unpaired) electrons. The first-order chi connectivity index (χ1) is 12.9. The second-order valence-corrected chi connectivity index (χ2v) is 8.51. The van der Waals surface area contributed by atoms with Crippen molar-refractivity contribution in [3.05, 3.63) is 64.7 Å². The molecule has 0 bridgehead atoms. The zero-order chi connectivity index (χ0) is 19.4. The molecule has 1 amide bonds. The van der Waals surface area contributed by atoms with Crippen LogP contribution >= 0.6 is 11.6 Å². The number of carbonyl (C=O) groups is 1. The smallest absolute Gasteiger partial charge is 0.253 e. The molecule has 0 unspecified atom stereocenters. The molecule has 1 aliphatic heterocycles. The Labute approximate surface area is 163 Å². The number of rotatable bonds is 3. The molecule has 2 aromatic carbocycles. The van der Waals surface area contributed by atoms with Gasteiger partial charge in [0.2, 0.25) is 10.0 Å². The molecule has 1 heterocycles. The van der Waals surface area contributed by atoms with Crippen LogP contribution in [-0.2, 0) is 10.0 Å². The summed E-state index contributed by atoms with van der Waals surface area (Å²) >= 11 is 5.98. The van der Waals surface area contributed by atoms with Crippen LogP contribution in [0.4, 0.5) is 0 Å². The molecule has 0 aliphatic carbocycles. The normalized spacial score (nSPS) is 15.8. The van der Waals surface area contributed by atoms with E-state index in [-0.39, 0.29) is 27.9 Å². The minimum Gasteiger partial charge on any atom is -0.337 e. The number of nitrogens with zero attached hydrogens (tertiary/aromatic N) is 3. The van der Waals surface area contributed by atoms with Gasteiger partial charge in [0, 0.05) is 31.7 Å². The third-order valence-electron chi connectivity index (χ3n) is 4.46. The van der Waals surface area contributed by atoms with Gasteiger partial charge >= 0.3 is 0 Å². The highest BCUT2D eigenvalue weighted by atomic mass is 35.5. The van der Waals surface area contributed by atoms with E-state index < -0.39 is 10.0 Å². The van der Waals surface area contributed by atoms with E-state index in [1.165, 1.54) is 22.5 Å². The lowest BCUT2D eigenvalue weighted by Crippen LogP contribution is -2.37. The van der Waals surface area contributed by atoms with Crippen molar-refractivity contribution >= 4 is 27.5 Å². The second-order valence-electron chi connectivity index (χ2n) is 6.17. The quantitative estimate of drug-likeness (QED) is 0.789. The summed E-state index contributed by atoms with van der Waals surface area (Å²) in [5.74, 6) is -0.101. The highest BCUT2D eigenvalue weighted by molar-refractivity contribution is 7.89. The van der Waals surface area contributed by atoms with Gasteiger partial charge in [-0.1, -0.05) is 29.8 Å². The Hall–Kier alpha value is -2.40. The first-order valence-corrected chi connectivity index (χ1v) is 10.3. The van der Waals surface area contributed by atoms with Gasteiger partial charge in [0.1, 0.15) is 6.07 Å². The summed E-state index contributed by atoms with van der Waals surface area (Å²) in [7, 11) is -3.75. The molecule has 0 aromatic heterocycles. The van der Waals surface area contributed by atoms with E-state index in [2.05, 4.69) is 0 Å². The molecule has 2 aromatic rings. The van der Waals surface area contributed by atoms with Crippen molar-refractivity contribution in [2.24, 2.45) is 0 Å². The summed E-state index contributed by atoms with van der Waals surface area (Å²) in [5.41, 5.74) is 0.818. The molecule has 0 atom stereocenters. The van der Waals surface area contributed by atoms with Gasteiger partial charge < -0.3 is 4.90 Å². The molecule has 27 heavy (non-hydrogen) atoms. The van der Waals surface area contributed by atoms with Crippen LogP contribution in [0.15, 0.2) is 53.4 Å². The van der Waals surface area contributed by atoms with Crippen molar-refractivity contribution in [3.63, 3.8) is 0 Å². The van der Waals surface area contributed by atoms with Crippen LogP contribution in [0, 0.1) is 11.3 Å². The molecule has 8 heteroatoms. The van der Waals surface area contributed by atoms with Gasteiger partial charge in [-0.05, 0) is 36.8 Å². The third kappa shape index (κ3) is 4.14. The van der Waals surface area contributed by atoms with Gasteiger partial charge in [-0.2, -0.15) is 9.57 Å². The molecule has 0 saturated carbocycles. The van der Waals surface area contributed by atoms with Gasteiger partial charge in [0.05, 0.1) is 15.5 Å². The van der Waals surface area contributed by atoms with Crippen LogP contribution in [0.2, 0.25) is 5.02 Å². The maximum absolute atomic E-state index is 12.9. The van der Waals surface area contributed by atoms with Crippen molar-refractivity contribution in [1.82, 2.24) is 9.21 Å². The maximum atomic E-state index is 12.9. The Morgan fingerprint density at radius 2 is 1.78 bits per heavy atom. The SMILES string of the molecule is N#Cc1ccc(S(=O)(=O)N2CCCN(C(=O)c3ccccc3)CC2)cc1Cl. The first-order valence-electron chi connectivity index (χ1n) is 8.47. The van der Waals surface area contributed by atoms with E-state index >= 15 is 0 Å². The summed E-state index contributed by atoms with van der Waals surface area (Å²) in [6, 6.07) is 14.9. The Balaban J connectivity index is 1.76. The molecular formula is C19H18ClN3O3S. The monoisotopic (exact) mass is 403 g/mol. The summed E-state index contributed by atoms with van der Waals surface area (Å²) in [6.07, 6.45) is 0.543. The molecule has 6 nitrogen and oxygen atoms in total. The number of benzene rings is 2. The number of nitriles is 1. The van der Waals surface area contributed by atoms with E-state index in [0.29, 0.717) is 31.6 Å². The second kappa shape index (κ2) is 8.09. The first kappa shape index (κ1) is 19.4. The number of amides is 1.